The van der Waals surface area contributed by atoms with Crippen LogP contribution in [0.2, 0.25) is 0 Å². The van der Waals surface area contributed by atoms with Crippen molar-refractivity contribution in [3.8, 4) is 11.5 Å². The molecule has 0 aliphatic rings. The highest BCUT2D eigenvalue weighted by atomic mass is 16.4. The summed E-state index contributed by atoms with van der Waals surface area (Å²) in [4.78, 5) is 20.4. The summed E-state index contributed by atoms with van der Waals surface area (Å²) < 4.78 is 7.60. The second kappa shape index (κ2) is 7.65. The monoisotopic (exact) mass is 339 g/mol. The number of nitrogens with one attached hydrogen (secondary N) is 2. The Morgan fingerprint density at radius 1 is 1.32 bits per heavy atom. The Morgan fingerprint density at radius 2 is 2.20 bits per heavy atom. The molecule has 2 heterocycles. The molecule has 3 aromatic rings. The minimum atomic E-state index is -0.234. The van der Waals surface area contributed by atoms with Gasteiger partial charge in [-0.3, -0.25) is 0 Å². The van der Waals surface area contributed by atoms with Crippen LogP contribution >= 0.6 is 0 Å². The van der Waals surface area contributed by atoms with Crippen molar-refractivity contribution in [3.05, 3.63) is 54.4 Å². The van der Waals surface area contributed by atoms with Gasteiger partial charge in [0, 0.05) is 36.7 Å². The first-order chi connectivity index (χ1) is 12.1. The highest BCUT2D eigenvalue weighted by molar-refractivity contribution is 5.89. The first kappa shape index (κ1) is 16.8. The molecule has 0 aliphatic carbocycles. The lowest BCUT2D eigenvalue weighted by atomic mass is 10.2. The summed E-state index contributed by atoms with van der Waals surface area (Å²) in [6.07, 6.45) is 6.23. The van der Waals surface area contributed by atoms with Crippen LogP contribution in [-0.4, -0.2) is 27.1 Å². The molecule has 0 bridgehead atoms. The highest BCUT2D eigenvalue weighted by Crippen LogP contribution is 2.23. The Labute approximate surface area is 146 Å². The summed E-state index contributed by atoms with van der Waals surface area (Å²) in [5.41, 5.74) is 2.39. The summed E-state index contributed by atoms with van der Waals surface area (Å²) in [7, 11) is 0. The van der Waals surface area contributed by atoms with Crippen LogP contribution in [0.4, 0.5) is 10.5 Å². The van der Waals surface area contributed by atoms with E-state index in [2.05, 4.69) is 20.6 Å². The van der Waals surface area contributed by atoms with Gasteiger partial charge in [0.1, 0.15) is 5.76 Å². The van der Waals surface area contributed by atoms with Crippen LogP contribution in [0.25, 0.3) is 11.5 Å². The number of aryl methyl sites for hydroxylation is 3. The van der Waals surface area contributed by atoms with E-state index in [1.807, 2.05) is 48.9 Å². The molecule has 0 aliphatic heterocycles. The summed E-state index contributed by atoms with van der Waals surface area (Å²) >= 11 is 0. The molecule has 0 saturated carbocycles. The predicted molar refractivity (Wildman–Crippen MR) is 95.3 cm³/mol. The van der Waals surface area contributed by atoms with E-state index in [-0.39, 0.29) is 6.03 Å². The summed E-state index contributed by atoms with van der Waals surface area (Å²) in [6, 6.07) is 7.20. The van der Waals surface area contributed by atoms with Crippen molar-refractivity contribution in [1.29, 1.82) is 0 Å². The van der Waals surface area contributed by atoms with E-state index < -0.39 is 0 Å². The standard InChI is InChI=1S/C18H21N5O2/c1-13-14(2)25-17(21-13)15-5-3-6-16(11-15)22-18(24)20-7-4-9-23-10-8-19-12-23/h3,5-6,8,10-12H,4,7,9H2,1-2H3,(H2,20,22,24). The van der Waals surface area contributed by atoms with Crippen molar-refractivity contribution in [3.63, 3.8) is 0 Å². The fourth-order valence-electron chi connectivity index (χ4n) is 2.38. The zero-order valence-electron chi connectivity index (χ0n) is 14.3. The average molecular weight is 339 g/mol. The molecule has 0 fully saturated rings. The van der Waals surface area contributed by atoms with E-state index in [1.165, 1.54) is 0 Å². The maximum atomic E-state index is 12.0. The van der Waals surface area contributed by atoms with Crippen molar-refractivity contribution in [1.82, 2.24) is 19.9 Å². The van der Waals surface area contributed by atoms with Gasteiger partial charge in [0.05, 0.1) is 12.0 Å². The van der Waals surface area contributed by atoms with E-state index in [0.717, 1.165) is 30.0 Å². The van der Waals surface area contributed by atoms with Gasteiger partial charge < -0.3 is 19.6 Å². The van der Waals surface area contributed by atoms with Crippen LogP contribution < -0.4 is 10.6 Å². The number of carbonyl (C=O) groups is 1. The molecule has 1 aromatic carbocycles. The Morgan fingerprint density at radius 3 is 2.92 bits per heavy atom. The zero-order valence-corrected chi connectivity index (χ0v) is 14.3. The molecule has 0 radical (unpaired) electrons. The number of aromatic nitrogens is 3. The topological polar surface area (TPSA) is 85.0 Å². The molecule has 0 atom stereocenters. The predicted octanol–water partition coefficient (Wildman–Crippen LogP) is 3.37. The molecular weight excluding hydrogens is 318 g/mol. The van der Waals surface area contributed by atoms with Gasteiger partial charge in [-0.25, -0.2) is 14.8 Å². The Bertz CT molecular complexity index is 820. The fourth-order valence-corrected chi connectivity index (χ4v) is 2.38. The Kier molecular flexibility index (Phi) is 5.13. The van der Waals surface area contributed by atoms with Crippen LogP contribution in [0.1, 0.15) is 17.9 Å². The second-order valence-corrected chi connectivity index (χ2v) is 5.78. The minimum Gasteiger partial charge on any atom is -0.441 e. The van der Waals surface area contributed by atoms with Crippen LogP contribution in [0.15, 0.2) is 47.4 Å². The Hall–Kier alpha value is -3.09. The molecule has 130 valence electrons. The largest absolute Gasteiger partial charge is 0.441 e. The zero-order chi connectivity index (χ0) is 17.6. The fraction of sp³-hybridized carbons (Fsp3) is 0.278. The average Bonchev–Trinajstić information content (AvgIpc) is 3.22. The summed E-state index contributed by atoms with van der Waals surface area (Å²) in [6.45, 7) is 5.19. The van der Waals surface area contributed by atoms with Gasteiger partial charge in [0.15, 0.2) is 0 Å². The van der Waals surface area contributed by atoms with E-state index in [1.54, 1.807) is 12.5 Å². The van der Waals surface area contributed by atoms with Crippen molar-refractivity contribution >= 4 is 11.7 Å². The number of carbonyl (C=O) groups excluding carboxylic acids is 1. The third kappa shape index (κ3) is 4.47. The third-order valence-corrected chi connectivity index (χ3v) is 3.83. The first-order valence-corrected chi connectivity index (χ1v) is 8.17. The number of hydrogen-bond acceptors (Lipinski definition) is 4. The summed E-state index contributed by atoms with van der Waals surface area (Å²) in [5, 5.41) is 5.67. The molecule has 3 rings (SSSR count). The van der Waals surface area contributed by atoms with Gasteiger partial charge in [0.2, 0.25) is 5.89 Å². The molecule has 2 N–H and O–H groups in total. The number of benzene rings is 1. The highest BCUT2D eigenvalue weighted by Gasteiger charge is 2.09. The summed E-state index contributed by atoms with van der Waals surface area (Å²) in [5.74, 6) is 1.35. The van der Waals surface area contributed by atoms with Gasteiger partial charge in [0.25, 0.3) is 0 Å². The molecule has 0 spiro atoms. The number of nitrogens with zero attached hydrogens (tertiary/aromatic N) is 3. The Balaban J connectivity index is 1.52. The number of hydrogen-bond donors (Lipinski definition) is 2. The van der Waals surface area contributed by atoms with Gasteiger partial charge >= 0.3 is 6.03 Å². The maximum absolute atomic E-state index is 12.0. The smallest absolute Gasteiger partial charge is 0.319 e. The van der Waals surface area contributed by atoms with Gasteiger partial charge in [-0.1, -0.05) is 6.07 Å². The van der Waals surface area contributed by atoms with Crippen molar-refractivity contribution in [2.24, 2.45) is 0 Å². The number of imidazole rings is 1. The molecule has 7 nitrogen and oxygen atoms in total. The van der Waals surface area contributed by atoms with Crippen molar-refractivity contribution < 1.29 is 9.21 Å². The number of oxazole rings is 1. The van der Waals surface area contributed by atoms with E-state index in [4.69, 9.17) is 4.42 Å². The number of rotatable bonds is 6. The molecular formula is C18H21N5O2. The van der Waals surface area contributed by atoms with E-state index in [0.29, 0.717) is 18.1 Å². The number of anilines is 1. The molecule has 25 heavy (non-hydrogen) atoms. The maximum Gasteiger partial charge on any atom is 0.319 e. The molecule has 2 amide bonds. The van der Waals surface area contributed by atoms with Crippen LogP contribution in [0.5, 0.6) is 0 Å². The van der Waals surface area contributed by atoms with E-state index in [9.17, 15) is 4.79 Å². The van der Waals surface area contributed by atoms with Crippen LogP contribution in [0, 0.1) is 13.8 Å². The van der Waals surface area contributed by atoms with Crippen LogP contribution in [0.3, 0.4) is 0 Å². The van der Waals surface area contributed by atoms with Gasteiger partial charge in [-0.05, 0) is 38.5 Å². The lowest BCUT2D eigenvalue weighted by Gasteiger charge is -2.08. The molecule has 0 unspecified atom stereocenters. The minimum absolute atomic E-state index is 0.234. The number of amides is 2. The lowest BCUT2D eigenvalue weighted by Crippen LogP contribution is -2.30. The quantitative estimate of drug-likeness (QED) is 0.674. The van der Waals surface area contributed by atoms with Crippen molar-refractivity contribution in [2.75, 3.05) is 11.9 Å². The molecule has 2 aromatic heterocycles. The molecule has 7 heteroatoms. The first-order valence-electron chi connectivity index (χ1n) is 8.17. The van der Waals surface area contributed by atoms with Crippen LogP contribution in [-0.2, 0) is 6.54 Å². The van der Waals surface area contributed by atoms with Crippen molar-refractivity contribution in [2.45, 2.75) is 26.8 Å². The lowest BCUT2D eigenvalue weighted by molar-refractivity contribution is 0.252. The van der Waals surface area contributed by atoms with Gasteiger partial charge in [-0.15, -0.1) is 0 Å². The third-order valence-electron chi connectivity index (χ3n) is 3.83. The van der Waals surface area contributed by atoms with E-state index >= 15 is 0 Å². The number of urea groups is 1. The second-order valence-electron chi connectivity index (χ2n) is 5.78. The normalized spacial score (nSPS) is 10.6. The van der Waals surface area contributed by atoms with Gasteiger partial charge in [-0.2, -0.15) is 0 Å². The SMILES string of the molecule is Cc1nc(-c2cccc(NC(=O)NCCCn3ccnc3)c2)oc1C. The molecule has 0 saturated heterocycles.